The molecule has 2 heterocycles. The third-order valence-corrected chi connectivity index (χ3v) is 3.32. The zero-order valence-electron chi connectivity index (χ0n) is 10.0. The van der Waals surface area contributed by atoms with Gasteiger partial charge in [0, 0.05) is 19.1 Å². The Kier molecular flexibility index (Phi) is 3.55. The lowest BCUT2D eigenvalue weighted by Crippen LogP contribution is -2.43. The summed E-state index contributed by atoms with van der Waals surface area (Å²) in [5.74, 6) is 1.16. The fraction of sp³-hybridized carbons (Fsp3) is 0.583. The minimum absolute atomic E-state index is 0.181. The molecule has 0 aliphatic carbocycles. The van der Waals surface area contributed by atoms with Crippen LogP contribution in [0.15, 0.2) is 12.3 Å². The van der Waals surface area contributed by atoms with E-state index in [2.05, 4.69) is 21.2 Å². The Labute approximate surface area is 101 Å². The van der Waals surface area contributed by atoms with Gasteiger partial charge in [-0.25, -0.2) is 0 Å². The molecule has 90 valence electrons. The van der Waals surface area contributed by atoms with E-state index in [-0.39, 0.29) is 6.04 Å². The minimum atomic E-state index is 0.181. The first-order chi connectivity index (χ1) is 8.22. The van der Waals surface area contributed by atoms with Gasteiger partial charge < -0.3 is 10.6 Å². The molecule has 0 radical (unpaired) electrons. The molecule has 1 aliphatic rings. The van der Waals surface area contributed by atoms with Crippen molar-refractivity contribution in [3.8, 4) is 6.07 Å². The van der Waals surface area contributed by atoms with E-state index in [4.69, 9.17) is 11.0 Å². The maximum absolute atomic E-state index is 9.06. The number of anilines is 1. The van der Waals surface area contributed by atoms with Crippen LogP contribution in [0.2, 0.25) is 0 Å². The van der Waals surface area contributed by atoms with Crippen molar-refractivity contribution in [2.45, 2.75) is 25.8 Å². The second-order valence-corrected chi connectivity index (χ2v) is 4.59. The molecule has 5 heteroatoms. The molecule has 0 amide bonds. The summed E-state index contributed by atoms with van der Waals surface area (Å²) in [6.45, 7) is 3.83. The molecule has 0 spiro atoms. The lowest BCUT2D eigenvalue weighted by molar-refractivity contribution is 0.362. The minimum Gasteiger partial charge on any atom is -0.354 e. The molecule has 0 saturated carbocycles. The zero-order valence-corrected chi connectivity index (χ0v) is 10.0. The van der Waals surface area contributed by atoms with Crippen molar-refractivity contribution < 1.29 is 0 Å². The first-order valence-electron chi connectivity index (χ1n) is 5.94. The van der Waals surface area contributed by atoms with Gasteiger partial charge in [0.25, 0.3) is 0 Å². The summed E-state index contributed by atoms with van der Waals surface area (Å²) in [7, 11) is 0. The summed E-state index contributed by atoms with van der Waals surface area (Å²) in [4.78, 5) is 2.13. The van der Waals surface area contributed by atoms with E-state index >= 15 is 0 Å². The molecule has 17 heavy (non-hydrogen) atoms. The van der Waals surface area contributed by atoms with E-state index in [1.807, 2.05) is 6.92 Å². The Morgan fingerprint density at radius 2 is 2.47 bits per heavy atom. The average Bonchev–Trinajstić information content (AvgIpc) is 2.39. The van der Waals surface area contributed by atoms with Crippen molar-refractivity contribution >= 4 is 5.82 Å². The third kappa shape index (κ3) is 2.53. The number of hydrogen-bond donors (Lipinski definition) is 1. The van der Waals surface area contributed by atoms with Crippen LogP contribution in [-0.2, 0) is 0 Å². The molecule has 1 saturated heterocycles. The summed E-state index contributed by atoms with van der Waals surface area (Å²) >= 11 is 0. The van der Waals surface area contributed by atoms with Crippen LogP contribution in [0.25, 0.3) is 0 Å². The number of piperidine rings is 1. The number of nitriles is 1. The predicted octanol–water partition coefficient (Wildman–Crippen LogP) is 0.912. The van der Waals surface area contributed by atoms with Gasteiger partial charge in [-0.1, -0.05) is 0 Å². The van der Waals surface area contributed by atoms with Crippen LogP contribution in [0.3, 0.4) is 0 Å². The number of nitrogens with zero attached hydrogens (tertiary/aromatic N) is 4. The van der Waals surface area contributed by atoms with Gasteiger partial charge in [0.1, 0.15) is 6.07 Å². The second-order valence-electron chi connectivity index (χ2n) is 4.59. The van der Waals surface area contributed by atoms with E-state index in [1.54, 1.807) is 12.3 Å². The maximum Gasteiger partial charge on any atom is 0.169 e. The molecular formula is C12H17N5. The standard InChI is InChI=1S/C12H17N5/c1-9(14)11-3-2-6-17(8-11)12-10(7-13)4-5-15-16-12/h4-5,9,11H,2-3,6,8,14H2,1H3. The summed E-state index contributed by atoms with van der Waals surface area (Å²) in [6.07, 6.45) is 3.79. The van der Waals surface area contributed by atoms with Crippen molar-refractivity contribution in [2.24, 2.45) is 11.7 Å². The van der Waals surface area contributed by atoms with Gasteiger partial charge in [-0.05, 0) is 31.7 Å². The Hall–Kier alpha value is -1.67. The normalized spacial score (nSPS) is 21.9. The average molecular weight is 231 g/mol. The first-order valence-corrected chi connectivity index (χ1v) is 5.94. The number of hydrogen-bond acceptors (Lipinski definition) is 5. The Balaban J connectivity index is 2.19. The van der Waals surface area contributed by atoms with Gasteiger partial charge in [0.05, 0.1) is 11.8 Å². The maximum atomic E-state index is 9.06. The molecule has 1 aliphatic heterocycles. The van der Waals surface area contributed by atoms with Crippen molar-refractivity contribution in [2.75, 3.05) is 18.0 Å². The summed E-state index contributed by atoms with van der Waals surface area (Å²) in [5, 5.41) is 17.0. The molecule has 2 rings (SSSR count). The highest BCUT2D eigenvalue weighted by Crippen LogP contribution is 2.24. The molecule has 1 aromatic heterocycles. The van der Waals surface area contributed by atoms with Crippen LogP contribution >= 0.6 is 0 Å². The Morgan fingerprint density at radius 1 is 1.65 bits per heavy atom. The summed E-state index contributed by atoms with van der Waals surface area (Å²) in [6, 6.07) is 4.05. The van der Waals surface area contributed by atoms with Gasteiger partial charge in [-0.3, -0.25) is 0 Å². The summed E-state index contributed by atoms with van der Waals surface area (Å²) < 4.78 is 0. The fourth-order valence-electron chi connectivity index (χ4n) is 2.28. The molecule has 5 nitrogen and oxygen atoms in total. The number of nitrogens with two attached hydrogens (primary N) is 1. The lowest BCUT2D eigenvalue weighted by Gasteiger charge is -2.35. The smallest absolute Gasteiger partial charge is 0.169 e. The van der Waals surface area contributed by atoms with E-state index < -0.39 is 0 Å². The largest absolute Gasteiger partial charge is 0.354 e. The van der Waals surface area contributed by atoms with E-state index in [0.717, 1.165) is 25.9 Å². The van der Waals surface area contributed by atoms with Crippen molar-refractivity contribution in [3.05, 3.63) is 17.8 Å². The molecule has 1 aromatic rings. The molecular weight excluding hydrogens is 214 g/mol. The van der Waals surface area contributed by atoms with Crippen LogP contribution in [0.1, 0.15) is 25.3 Å². The quantitative estimate of drug-likeness (QED) is 0.818. The third-order valence-electron chi connectivity index (χ3n) is 3.32. The Bertz CT molecular complexity index is 423. The van der Waals surface area contributed by atoms with Gasteiger partial charge >= 0.3 is 0 Å². The topological polar surface area (TPSA) is 78.8 Å². The van der Waals surface area contributed by atoms with Gasteiger partial charge in [0.2, 0.25) is 0 Å². The fourth-order valence-corrected chi connectivity index (χ4v) is 2.28. The van der Waals surface area contributed by atoms with Crippen LogP contribution < -0.4 is 10.6 Å². The van der Waals surface area contributed by atoms with Crippen LogP contribution in [0.4, 0.5) is 5.82 Å². The number of aromatic nitrogens is 2. The highest BCUT2D eigenvalue weighted by atomic mass is 15.3. The SMILES string of the molecule is CC(N)C1CCCN(c2nnccc2C#N)C1. The van der Waals surface area contributed by atoms with Gasteiger partial charge in [0.15, 0.2) is 5.82 Å². The predicted molar refractivity (Wildman–Crippen MR) is 65.3 cm³/mol. The first kappa shape index (κ1) is 11.8. The lowest BCUT2D eigenvalue weighted by atomic mass is 9.92. The van der Waals surface area contributed by atoms with E-state index in [1.165, 1.54) is 0 Å². The molecule has 2 unspecified atom stereocenters. The van der Waals surface area contributed by atoms with E-state index in [0.29, 0.717) is 17.3 Å². The summed E-state index contributed by atoms with van der Waals surface area (Å²) in [5.41, 5.74) is 6.54. The molecule has 2 N–H and O–H groups in total. The molecule has 2 atom stereocenters. The van der Waals surface area contributed by atoms with Crippen LogP contribution in [-0.4, -0.2) is 29.3 Å². The highest BCUT2D eigenvalue weighted by Gasteiger charge is 2.25. The van der Waals surface area contributed by atoms with Crippen molar-refractivity contribution in [1.82, 2.24) is 10.2 Å². The van der Waals surface area contributed by atoms with Gasteiger partial charge in [-0.2, -0.15) is 10.4 Å². The second kappa shape index (κ2) is 5.11. The van der Waals surface area contributed by atoms with Crippen LogP contribution in [0.5, 0.6) is 0 Å². The monoisotopic (exact) mass is 231 g/mol. The van der Waals surface area contributed by atoms with Crippen molar-refractivity contribution in [1.29, 1.82) is 5.26 Å². The highest BCUT2D eigenvalue weighted by molar-refractivity contribution is 5.52. The van der Waals surface area contributed by atoms with Gasteiger partial charge in [-0.15, -0.1) is 5.10 Å². The Morgan fingerprint density at radius 3 is 3.18 bits per heavy atom. The zero-order chi connectivity index (χ0) is 12.3. The van der Waals surface area contributed by atoms with Crippen LogP contribution in [0, 0.1) is 17.2 Å². The molecule has 1 fully saturated rings. The number of rotatable bonds is 2. The van der Waals surface area contributed by atoms with E-state index in [9.17, 15) is 0 Å². The van der Waals surface area contributed by atoms with Crippen molar-refractivity contribution in [3.63, 3.8) is 0 Å². The molecule has 0 aromatic carbocycles. The molecule has 0 bridgehead atoms.